The maximum absolute atomic E-state index is 13.0. The number of halogens is 3. The summed E-state index contributed by atoms with van der Waals surface area (Å²) in [7, 11) is 0. The van der Waals surface area contributed by atoms with E-state index < -0.39 is 5.91 Å². The second kappa shape index (κ2) is 10.3. The molecule has 162 valence electrons. The number of nitrogens with zero attached hydrogens (tertiary/aromatic N) is 1. The van der Waals surface area contributed by atoms with Gasteiger partial charge in [-0.05, 0) is 72.5 Å². The van der Waals surface area contributed by atoms with Crippen LogP contribution in [0.1, 0.15) is 22.3 Å². The van der Waals surface area contributed by atoms with Crippen LogP contribution in [0.4, 0.5) is 10.1 Å². The molecule has 0 aliphatic carbocycles. The van der Waals surface area contributed by atoms with E-state index in [9.17, 15) is 14.4 Å². The van der Waals surface area contributed by atoms with Crippen LogP contribution in [0.5, 0.6) is 5.75 Å². The van der Waals surface area contributed by atoms with Gasteiger partial charge < -0.3 is 10.1 Å². The molecule has 0 aromatic heterocycles. The summed E-state index contributed by atoms with van der Waals surface area (Å²) in [4.78, 5) is 12.6. The molecular formula is C25H19Cl2FN2O2. The molecule has 7 heteroatoms. The summed E-state index contributed by atoms with van der Waals surface area (Å²) in [5, 5.41) is 12.7. The first-order valence-electron chi connectivity index (χ1n) is 9.64. The summed E-state index contributed by atoms with van der Waals surface area (Å²) in [6, 6.07) is 16.4. The van der Waals surface area contributed by atoms with Gasteiger partial charge in [0, 0.05) is 5.69 Å². The summed E-state index contributed by atoms with van der Waals surface area (Å²) in [5.41, 5.74) is 3.71. The molecule has 0 atom stereocenters. The van der Waals surface area contributed by atoms with Crippen LogP contribution in [0, 0.1) is 31.0 Å². The molecule has 0 radical (unpaired) electrons. The van der Waals surface area contributed by atoms with Crippen molar-refractivity contribution in [3.63, 3.8) is 0 Å². The molecule has 0 aliphatic heterocycles. The molecule has 0 saturated heterocycles. The Labute approximate surface area is 195 Å². The van der Waals surface area contributed by atoms with Crippen molar-refractivity contribution in [3.8, 4) is 11.8 Å². The molecule has 0 unspecified atom stereocenters. The highest BCUT2D eigenvalue weighted by Crippen LogP contribution is 2.35. The fourth-order valence-electron chi connectivity index (χ4n) is 2.93. The summed E-state index contributed by atoms with van der Waals surface area (Å²) in [5.74, 6) is -0.617. The second-order valence-electron chi connectivity index (χ2n) is 7.10. The van der Waals surface area contributed by atoms with E-state index in [4.69, 9.17) is 27.9 Å². The zero-order valence-corrected chi connectivity index (χ0v) is 18.9. The Kier molecular flexibility index (Phi) is 7.53. The van der Waals surface area contributed by atoms with Crippen molar-refractivity contribution in [1.82, 2.24) is 0 Å². The highest BCUT2D eigenvalue weighted by atomic mass is 35.5. The number of hydrogen-bond donors (Lipinski definition) is 1. The Bertz CT molecular complexity index is 1210. The number of nitrogens with one attached hydrogen (secondary N) is 1. The second-order valence-corrected chi connectivity index (χ2v) is 7.91. The van der Waals surface area contributed by atoms with Gasteiger partial charge in [-0.3, -0.25) is 4.79 Å². The number of nitriles is 1. The van der Waals surface area contributed by atoms with Crippen LogP contribution in [0.25, 0.3) is 6.08 Å². The summed E-state index contributed by atoms with van der Waals surface area (Å²) < 4.78 is 18.7. The van der Waals surface area contributed by atoms with Crippen LogP contribution < -0.4 is 10.1 Å². The van der Waals surface area contributed by atoms with Crippen LogP contribution in [0.3, 0.4) is 0 Å². The van der Waals surface area contributed by atoms with Crippen LogP contribution in [-0.4, -0.2) is 5.91 Å². The van der Waals surface area contributed by atoms with E-state index in [0.29, 0.717) is 11.3 Å². The minimum atomic E-state index is -0.537. The Balaban J connectivity index is 1.78. The van der Waals surface area contributed by atoms with Gasteiger partial charge in [0.25, 0.3) is 5.91 Å². The molecular weight excluding hydrogens is 450 g/mol. The Morgan fingerprint density at radius 1 is 1.12 bits per heavy atom. The van der Waals surface area contributed by atoms with Gasteiger partial charge in [-0.15, -0.1) is 0 Å². The van der Waals surface area contributed by atoms with E-state index in [-0.39, 0.29) is 33.8 Å². The zero-order valence-electron chi connectivity index (χ0n) is 17.4. The van der Waals surface area contributed by atoms with Gasteiger partial charge in [-0.25, -0.2) is 4.39 Å². The molecule has 0 aliphatic rings. The van der Waals surface area contributed by atoms with Gasteiger partial charge >= 0.3 is 0 Å². The van der Waals surface area contributed by atoms with Gasteiger partial charge in [-0.1, -0.05) is 47.5 Å². The largest absolute Gasteiger partial charge is 0.486 e. The average molecular weight is 469 g/mol. The monoisotopic (exact) mass is 468 g/mol. The summed E-state index contributed by atoms with van der Waals surface area (Å²) in [6.07, 6.45) is 1.40. The third-order valence-electron chi connectivity index (χ3n) is 4.85. The summed E-state index contributed by atoms with van der Waals surface area (Å²) in [6.45, 7) is 3.98. The van der Waals surface area contributed by atoms with Crippen molar-refractivity contribution in [2.45, 2.75) is 20.5 Å². The van der Waals surface area contributed by atoms with Crippen molar-refractivity contribution in [2.75, 3.05) is 5.32 Å². The highest BCUT2D eigenvalue weighted by molar-refractivity contribution is 6.37. The first kappa shape index (κ1) is 23.3. The lowest BCUT2D eigenvalue weighted by atomic mass is 10.1. The number of hydrogen-bond acceptors (Lipinski definition) is 3. The number of carbonyl (C=O) groups excluding carboxylic acids is 1. The predicted octanol–water partition coefficient (Wildman–Crippen LogP) is 6.87. The Hall–Kier alpha value is -3.33. The molecule has 1 amide bonds. The molecule has 0 spiro atoms. The molecule has 3 rings (SSSR count). The first-order chi connectivity index (χ1) is 15.3. The number of amides is 1. The molecule has 0 saturated carbocycles. The fourth-order valence-corrected chi connectivity index (χ4v) is 3.54. The van der Waals surface area contributed by atoms with Gasteiger partial charge in [-0.2, -0.15) is 5.26 Å². The minimum absolute atomic E-state index is 0.0991. The van der Waals surface area contributed by atoms with Gasteiger partial charge in [0.15, 0.2) is 5.75 Å². The van der Waals surface area contributed by atoms with E-state index in [1.807, 2.05) is 32.0 Å². The van der Waals surface area contributed by atoms with E-state index >= 15 is 0 Å². The lowest BCUT2D eigenvalue weighted by molar-refractivity contribution is -0.112. The molecule has 3 aromatic carbocycles. The fraction of sp³-hybridized carbons (Fsp3) is 0.120. The topological polar surface area (TPSA) is 62.1 Å². The smallest absolute Gasteiger partial charge is 0.266 e. The standard InChI is InChI=1S/C25H19Cl2FN2O2/c1-15-4-3-5-23(16(15)2)30-25(31)19(13-29)10-18-11-21(26)24(22(27)12-18)32-14-17-6-8-20(28)9-7-17/h3-12H,14H2,1-2H3,(H,30,31)/b19-10+. The lowest BCUT2D eigenvalue weighted by Crippen LogP contribution is -2.14. The van der Waals surface area contributed by atoms with E-state index in [1.165, 1.54) is 18.2 Å². The van der Waals surface area contributed by atoms with Crippen LogP contribution >= 0.6 is 23.2 Å². The number of aryl methyl sites for hydroxylation is 1. The Morgan fingerprint density at radius 2 is 1.78 bits per heavy atom. The molecule has 0 heterocycles. The quantitative estimate of drug-likeness (QED) is 0.316. The van der Waals surface area contributed by atoms with Gasteiger partial charge in [0.1, 0.15) is 24.1 Å². The van der Waals surface area contributed by atoms with Crippen LogP contribution in [0.2, 0.25) is 10.0 Å². The minimum Gasteiger partial charge on any atom is -0.486 e. The lowest BCUT2D eigenvalue weighted by Gasteiger charge is -2.12. The molecule has 0 bridgehead atoms. The predicted molar refractivity (Wildman–Crippen MR) is 125 cm³/mol. The normalized spacial score (nSPS) is 11.1. The average Bonchev–Trinajstić information content (AvgIpc) is 2.76. The highest BCUT2D eigenvalue weighted by Gasteiger charge is 2.14. The number of rotatable bonds is 6. The van der Waals surface area contributed by atoms with E-state index in [0.717, 1.165) is 16.7 Å². The number of anilines is 1. The SMILES string of the molecule is Cc1cccc(NC(=O)/C(C#N)=C/c2cc(Cl)c(OCc3ccc(F)cc3)c(Cl)c2)c1C. The van der Waals surface area contributed by atoms with Crippen molar-refractivity contribution >= 4 is 40.9 Å². The van der Waals surface area contributed by atoms with E-state index in [2.05, 4.69) is 5.32 Å². The molecule has 3 aromatic rings. The van der Waals surface area contributed by atoms with Gasteiger partial charge in [0.2, 0.25) is 0 Å². The molecule has 0 fully saturated rings. The first-order valence-corrected chi connectivity index (χ1v) is 10.4. The number of ether oxygens (including phenoxy) is 1. The van der Waals surface area contributed by atoms with Crippen molar-refractivity contribution in [2.24, 2.45) is 0 Å². The summed E-state index contributed by atoms with van der Waals surface area (Å²) >= 11 is 12.6. The zero-order chi connectivity index (χ0) is 23.3. The number of benzene rings is 3. The number of carbonyl (C=O) groups is 1. The molecule has 32 heavy (non-hydrogen) atoms. The van der Waals surface area contributed by atoms with Crippen LogP contribution in [0.15, 0.2) is 60.2 Å². The Morgan fingerprint density at radius 3 is 2.41 bits per heavy atom. The van der Waals surface area contributed by atoms with Crippen molar-refractivity contribution in [1.29, 1.82) is 5.26 Å². The van der Waals surface area contributed by atoms with Crippen molar-refractivity contribution in [3.05, 3.63) is 98.3 Å². The maximum atomic E-state index is 13.0. The van der Waals surface area contributed by atoms with Gasteiger partial charge in [0.05, 0.1) is 10.0 Å². The maximum Gasteiger partial charge on any atom is 0.266 e. The third-order valence-corrected chi connectivity index (χ3v) is 5.41. The van der Waals surface area contributed by atoms with Crippen molar-refractivity contribution < 1.29 is 13.9 Å². The molecule has 4 nitrogen and oxygen atoms in total. The van der Waals surface area contributed by atoms with E-state index in [1.54, 1.807) is 30.3 Å². The third kappa shape index (κ3) is 5.67. The molecule has 1 N–H and O–H groups in total. The van der Waals surface area contributed by atoms with Crippen LogP contribution in [-0.2, 0) is 11.4 Å².